The second-order valence-electron chi connectivity index (χ2n) is 18.5. The summed E-state index contributed by atoms with van der Waals surface area (Å²) in [7, 11) is 0. The molecule has 3 aliphatic carbocycles. The molecule has 1 nitrogen and oxygen atoms in total. The van der Waals surface area contributed by atoms with E-state index in [1.165, 1.54) is 89.0 Å². The van der Waals surface area contributed by atoms with E-state index in [0.717, 1.165) is 17.1 Å². The smallest absolute Gasteiger partial charge is 0.0719 e. The summed E-state index contributed by atoms with van der Waals surface area (Å²) in [4.78, 5) is 2.42. The van der Waals surface area contributed by atoms with Gasteiger partial charge in [0.05, 0.1) is 5.41 Å². The summed E-state index contributed by atoms with van der Waals surface area (Å²) >= 11 is 0. The fourth-order valence-electron chi connectivity index (χ4n) is 11.6. The van der Waals surface area contributed by atoms with Crippen LogP contribution in [0.4, 0.5) is 17.1 Å². The van der Waals surface area contributed by atoms with Gasteiger partial charge in [0.2, 0.25) is 0 Å². The zero-order valence-corrected chi connectivity index (χ0v) is 35.7. The summed E-state index contributed by atoms with van der Waals surface area (Å²) in [5.74, 6) is 0. The van der Waals surface area contributed by atoms with Gasteiger partial charge in [0, 0.05) is 27.9 Å². The van der Waals surface area contributed by atoms with Crippen molar-refractivity contribution >= 4 is 17.1 Å². The number of benzene rings is 9. The number of nitrogens with zero attached hydrogens (tertiary/aromatic N) is 1. The van der Waals surface area contributed by atoms with Crippen molar-refractivity contribution in [1.29, 1.82) is 0 Å². The van der Waals surface area contributed by atoms with Gasteiger partial charge in [-0.25, -0.2) is 0 Å². The SMILES string of the molecule is CC1(C)c2ccccc2-c2ccc(N(c3ccc(-c4ccccc4)cc3)c3ccc(-c4ccc5c(c4)-c4ccccc4C54c5ccccc5C(C)(C)c5ccccc54)cc3)cc21. The van der Waals surface area contributed by atoms with Crippen molar-refractivity contribution in [1.82, 2.24) is 0 Å². The topological polar surface area (TPSA) is 3.24 Å². The van der Waals surface area contributed by atoms with Crippen LogP contribution in [0, 0.1) is 0 Å². The van der Waals surface area contributed by atoms with E-state index >= 15 is 0 Å². The summed E-state index contributed by atoms with van der Waals surface area (Å²) in [6.07, 6.45) is 0. The van der Waals surface area contributed by atoms with Crippen LogP contribution in [0.3, 0.4) is 0 Å². The summed E-state index contributed by atoms with van der Waals surface area (Å²) in [5.41, 5.74) is 24.0. The molecule has 0 saturated carbocycles. The van der Waals surface area contributed by atoms with E-state index in [0.29, 0.717) is 0 Å². The van der Waals surface area contributed by atoms with E-state index in [2.05, 4.69) is 245 Å². The molecule has 1 spiro atoms. The maximum Gasteiger partial charge on any atom is 0.0719 e. The molecule has 0 bridgehead atoms. The van der Waals surface area contributed by atoms with Crippen LogP contribution in [-0.2, 0) is 16.2 Å². The average Bonchev–Trinajstić information content (AvgIpc) is 3.74. The fraction of sp³-hybridized carbons (Fsp3) is 0.115. The quantitative estimate of drug-likeness (QED) is 0.168. The molecule has 296 valence electrons. The first kappa shape index (κ1) is 36.6. The van der Waals surface area contributed by atoms with E-state index in [-0.39, 0.29) is 16.2 Å². The standard InChI is InChI=1S/C61H47N/c1-59(2)51-20-10-8-18-47(51)49-36-35-46(39-58(49)59)62(44-31-26-41(27-32-44)40-16-6-5-7-17-40)45-33-28-42(29-34-45)43-30-37-53-50(38-43)48-19-9-11-21-52(48)61(53)56-24-14-12-22-54(56)60(3,4)55-23-13-15-25-57(55)61/h5-39H,1-4H3. The van der Waals surface area contributed by atoms with Crippen molar-refractivity contribution in [2.45, 2.75) is 43.9 Å². The molecule has 9 aromatic carbocycles. The molecule has 9 aromatic rings. The van der Waals surface area contributed by atoms with E-state index in [1.54, 1.807) is 0 Å². The first-order valence-electron chi connectivity index (χ1n) is 22.0. The average molecular weight is 794 g/mol. The Morgan fingerprint density at radius 1 is 0.258 bits per heavy atom. The first-order valence-corrected chi connectivity index (χ1v) is 22.0. The lowest BCUT2D eigenvalue weighted by Crippen LogP contribution is -2.40. The molecule has 0 N–H and O–H groups in total. The Kier molecular flexibility index (Phi) is 7.91. The number of hydrogen-bond donors (Lipinski definition) is 0. The highest BCUT2D eigenvalue weighted by molar-refractivity contribution is 5.91. The zero-order chi connectivity index (χ0) is 41.8. The Bertz CT molecular complexity index is 3170. The number of rotatable bonds is 5. The van der Waals surface area contributed by atoms with Crippen molar-refractivity contribution in [2.24, 2.45) is 0 Å². The Morgan fingerprint density at radius 3 is 1.27 bits per heavy atom. The highest BCUT2D eigenvalue weighted by atomic mass is 15.1. The molecule has 0 heterocycles. The van der Waals surface area contributed by atoms with Crippen molar-refractivity contribution in [3.63, 3.8) is 0 Å². The Labute approximate surface area is 365 Å². The summed E-state index contributed by atoms with van der Waals surface area (Å²) in [5, 5.41) is 0. The lowest BCUT2D eigenvalue weighted by molar-refractivity contribution is 0.563. The Morgan fingerprint density at radius 2 is 0.661 bits per heavy atom. The first-order chi connectivity index (χ1) is 30.3. The fourth-order valence-corrected chi connectivity index (χ4v) is 11.6. The summed E-state index contributed by atoms with van der Waals surface area (Å²) in [6, 6.07) is 79.5. The van der Waals surface area contributed by atoms with Crippen LogP contribution >= 0.6 is 0 Å². The molecule has 1 heteroatoms. The highest BCUT2D eigenvalue weighted by Crippen LogP contribution is 2.62. The monoisotopic (exact) mass is 793 g/mol. The normalized spacial score (nSPS) is 15.2. The molecular weight excluding hydrogens is 747 g/mol. The van der Waals surface area contributed by atoms with Crippen LogP contribution in [0.1, 0.15) is 72.2 Å². The lowest BCUT2D eigenvalue weighted by atomic mass is 9.55. The van der Waals surface area contributed by atoms with Crippen LogP contribution in [0.15, 0.2) is 212 Å². The summed E-state index contributed by atoms with van der Waals surface area (Å²) in [6.45, 7) is 9.49. The second kappa shape index (κ2) is 13.4. The lowest BCUT2D eigenvalue weighted by Gasteiger charge is -2.46. The van der Waals surface area contributed by atoms with Gasteiger partial charge in [-0.15, -0.1) is 0 Å². The Hall–Kier alpha value is -7.22. The largest absolute Gasteiger partial charge is 0.310 e. The molecule has 62 heavy (non-hydrogen) atoms. The number of fused-ring (bicyclic) bond motifs is 12. The minimum atomic E-state index is -0.390. The third-order valence-electron chi connectivity index (χ3n) is 14.6. The van der Waals surface area contributed by atoms with E-state index in [1.807, 2.05) is 0 Å². The maximum absolute atomic E-state index is 2.45. The van der Waals surface area contributed by atoms with Crippen LogP contribution in [0.25, 0.3) is 44.5 Å². The van der Waals surface area contributed by atoms with Crippen LogP contribution in [0.5, 0.6) is 0 Å². The van der Waals surface area contributed by atoms with E-state index in [4.69, 9.17) is 0 Å². The van der Waals surface area contributed by atoms with Gasteiger partial charge in [0.15, 0.2) is 0 Å². The molecule has 0 aromatic heterocycles. The molecule has 0 fully saturated rings. The number of hydrogen-bond acceptors (Lipinski definition) is 1. The molecule has 3 aliphatic rings. The van der Waals surface area contributed by atoms with Crippen molar-refractivity contribution in [3.05, 3.63) is 257 Å². The molecule has 0 saturated heterocycles. The van der Waals surface area contributed by atoms with Crippen LogP contribution in [0.2, 0.25) is 0 Å². The van der Waals surface area contributed by atoms with Crippen molar-refractivity contribution in [2.75, 3.05) is 4.90 Å². The van der Waals surface area contributed by atoms with E-state index < -0.39 is 0 Å². The third-order valence-corrected chi connectivity index (χ3v) is 14.6. The van der Waals surface area contributed by atoms with E-state index in [9.17, 15) is 0 Å². The van der Waals surface area contributed by atoms with Gasteiger partial charge < -0.3 is 4.90 Å². The predicted molar refractivity (Wildman–Crippen MR) is 259 cm³/mol. The minimum absolute atomic E-state index is 0.0998. The molecule has 0 aliphatic heterocycles. The van der Waals surface area contributed by atoms with Gasteiger partial charge in [-0.1, -0.05) is 198 Å². The molecule has 0 amide bonds. The van der Waals surface area contributed by atoms with Gasteiger partial charge in [0.25, 0.3) is 0 Å². The molecule has 12 rings (SSSR count). The van der Waals surface area contributed by atoms with Crippen molar-refractivity contribution in [3.8, 4) is 44.5 Å². The third kappa shape index (κ3) is 5.09. The maximum atomic E-state index is 2.45. The molecule has 0 radical (unpaired) electrons. The number of anilines is 3. The van der Waals surface area contributed by atoms with Gasteiger partial charge >= 0.3 is 0 Å². The van der Waals surface area contributed by atoms with Gasteiger partial charge in [-0.3, -0.25) is 0 Å². The molecule has 0 unspecified atom stereocenters. The zero-order valence-electron chi connectivity index (χ0n) is 35.7. The van der Waals surface area contributed by atoms with Crippen LogP contribution < -0.4 is 4.90 Å². The predicted octanol–water partition coefficient (Wildman–Crippen LogP) is 15.8. The van der Waals surface area contributed by atoms with Gasteiger partial charge in [-0.2, -0.15) is 0 Å². The Balaban J connectivity index is 0.975. The highest BCUT2D eigenvalue weighted by Gasteiger charge is 2.53. The van der Waals surface area contributed by atoms with Crippen LogP contribution in [-0.4, -0.2) is 0 Å². The second-order valence-corrected chi connectivity index (χ2v) is 18.5. The van der Waals surface area contributed by atoms with Gasteiger partial charge in [0.1, 0.15) is 0 Å². The van der Waals surface area contributed by atoms with Crippen molar-refractivity contribution < 1.29 is 0 Å². The molecule has 0 atom stereocenters. The summed E-state index contributed by atoms with van der Waals surface area (Å²) < 4.78 is 0. The molecular formula is C61H47N. The van der Waals surface area contributed by atoms with Gasteiger partial charge in [-0.05, 0) is 131 Å². The minimum Gasteiger partial charge on any atom is -0.310 e.